The molecule has 2 heterocycles. The molecule has 0 saturated carbocycles. The molecule has 0 N–H and O–H groups in total. The first-order chi connectivity index (χ1) is 6.48. The Bertz CT molecular complexity index is 476. The zero-order chi connectivity index (χ0) is 10.3. The lowest BCUT2D eigenvalue weighted by Gasteiger charge is -2.08. The van der Waals surface area contributed by atoms with E-state index in [1.807, 2.05) is 11.4 Å². The van der Waals surface area contributed by atoms with Crippen LogP contribution in [-0.4, -0.2) is 9.97 Å². The van der Waals surface area contributed by atoms with Gasteiger partial charge in [-0.1, -0.05) is 46.4 Å². The molecule has 0 fully saturated rings. The van der Waals surface area contributed by atoms with Crippen LogP contribution in [0.5, 0.6) is 0 Å². The smallest absolute Gasteiger partial charge is 0.217 e. The average molecular weight is 288 g/mol. The zero-order valence-electron chi connectivity index (χ0n) is 6.47. The predicted molar refractivity (Wildman–Crippen MR) is 61.7 cm³/mol. The van der Waals surface area contributed by atoms with Crippen molar-refractivity contribution in [3.8, 4) is 0 Å². The molecule has 0 aliphatic rings. The third kappa shape index (κ3) is 1.92. The molecule has 14 heavy (non-hydrogen) atoms. The lowest BCUT2D eigenvalue weighted by Crippen LogP contribution is -2.06. The summed E-state index contributed by atoms with van der Waals surface area (Å²) in [5.74, 6) is 0.0995. The minimum Gasteiger partial charge on any atom is -0.217 e. The number of fused-ring (bicyclic) bond motifs is 1. The van der Waals surface area contributed by atoms with Crippen LogP contribution in [0.4, 0.5) is 0 Å². The monoisotopic (exact) mass is 286 g/mol. The lowest BCUT2D eigenvalue weighted by molar-refractivity contribution is 1.00. The molecule has 0 atom stereocenters. The van der Waals surface area contributed by atoms with Crippen LogP contribution in [0.3, 0.4) is 0 Å². The second kappa shape index (κ2) is 3.65. The fourth-order valence-electron chi connectivity index (χ4n) is 0.946. The number of hydrogen-bond acceptors (Lipinski definition) is 3. The van der Waals surface area contributed by atoms with Crippen molar-refractivity contribution in [2.24, 2.45) is 0 Å². The first kappa shape index (κ1) is 10.7. The van der Waals surface area contributed by atoms with Crippen molar-refractivity contribution in [1.82, 2.24) is 9.97 Å². The standard InChI is InChI=1S/C7H2Cl4N2S/c8-4-3-1-2-14-5(3)13-6(12-4)7(9,10)11/h1-2H. The summed E-state index contributed by atoms with van der Waals surface area (Å²) < 4.78 is -1.64. The van der Waals surface area contributed by atoms with Crippen molar-refractivity contribution in [1.29, 1.82) is 0 Å². The molecule has 0 aliphatic carbocycles. The summed E-state index contributed by atoms with van der Waals surface area (Å²) in [5.41, 5.74) is 0. The second-order valence-corrected chi connectivity index (χ2v) is 6.01. The van der Waals surface area contributed by atoms with Crippen molar-refractivity contribution in [2.75, 3.05) is 0 Å². The van der Waals surface area contributed by atoms with E-state index in [0.29, 0.717) is 9.98 Å². The maximum Gasteiger partial charge on any atom is 0.250 e. The van der Waals surface area contributed by atoms with Crippen LogP contribution in [0.15, 0.2) is 11.4 Å². The molecule has 2 rings (SSSR count). The van der Waals surface area contributed by atoms with Crippen molar-refractivity contribution in [3.63, 3.8) is 0 Å². The highest BCUT2D eigenvalue weighted by Crippen LogP contribution is 2.38. The van der Waals surface area contributed by atoms with Gasteiger partial charge in [-0.25, -0.2) is 9.97 Å². The highest BCUT2D eigenvalue weighted by Gasteiger charge is 2.27. The van der Waals surface area contributed by atoms with Crippen molar-refractivity contribution >= 4 is 68.0 Å². The van der Waals surface area contributed by atoms with Crippen molar-refractivity contribution < 1.29 is 0 Å². The third-order valence-electron chi connectivity index (χ3n) is 1.53. The minimum atomic E-state index is -1.64. The molecule has 2 aromatic heterocycles. The number of rotatable bonds is 0. The van der Waals surface area contributed by atoms with Gasteiger partial charge in [0.1, 0.15) is 9.98 Å². The molecular formula is C7H2Cl4N2S. The number of halogens is 4. The molecule has 74 valence electrons. The van der Waals surface area contributed by atoms with Crippen LogP contribution in [0.25, 0.3) is 10.2 Å². The lowest BCUT2D eigenvalue weighted by atomic mass is 10.4. The van der Waals surface area contributed by atoms with E-state index in [1.54, 1.807) is 0 Å². The van der Waals surface area contributed by atoms with Crippen LogP contribution >= 0.6 is 57.7 Å². The Labute approximate surface area is 104 Å². The van der Waals surface area contributed by atoms with Gasteiger partial charge < -0.3 is 0 Å². The number of hydrogen-bond donors (Lipinski definition) is 0. The molecule has 0 saturated heterocycles. The summed E-state index contributed by atoms with van der Waals surface area (Å²) in [7, 11) is 0. The molecule has 0 amide bonds. The van der Waals surface area contributed by atoms with Crippen molar-refractivity contribution in [2.45, 2.75) is 3.79 Å². The van der Waals surface area contributed by atoms with E-state index in [0.717, 1.165) is 5.39 Å². The van der Waals surface area contributed by atoms with Gasteiger partial charge in [0.2, 0.25) is 3.79 Å². The number of aromatic nitrogens is 2. The summed E-state index contributed by atoms with van der Waals surface area (Å²) in [5, 5.41) is 2.93. The highest BCUT2D eigenvalue weighted by molar-refractivity contribution is 7.16. The highest BCUT2D eigenvalue weighted by atomic mass is 35.6. The van der Waals surface area contributed by atoms with Gasteiger partial charge in [-0.05, 0) is 11.4 Å². The maximum atomic E-state index is 5.89. The fraction of sp³-hybridized carbons (Fsp3) is 0.143. The summed E-state index contributed by atoms with van der Waals surface area (Å²) in [4.78, 5) is 8.72. The van der Waals surface area contributed by atoms with Gasteiger partial charge >= 0.3 is 0 Å². The summed E-state index contributed by atoms with van der Waals surface area (Å²) >= 11 is 24.3. The van der Waals surface area contributed by atoms with E-state index in [2.05, 4.69) is 9.97 Å². The Morgan fingerprint density at radius 1 is 1.21 bits per heavy atom. The molecule has 7 heteroatoms. The van der Waals surface area contributed by atoms with E-state index in [4.69, 9.17) is 46.4 Å². The van der Waals surface area contributed by atoms with Gasteiger partial charge in [0.05, 0.1) is 0 Å². The van der Waals surface area contributed by atoms with E-state index >= 15 is 0 Å². The summed E-state index contributed by atoms with van der Waals surface area (Å²) in [6, 6.07) is 1.82. The molecule has 0 unspecified atom stereocenters. The van der Waals surface area contributed by atoms with Crippen molar-refractivity contribution in [3.05, 3.63) is 22.4 Å². The van der Waals surface area contributed by atoms with E-state index in [-0.39, 0.29) is 5.82 Å². The Hall–Kier alpha value is 0.200. The molecule has 0 aliphatic heterocycles. The van der Waals surface area contributed by atoms with Crippen LogP contribution in [0, 0.1) is 0 Å². The largest absolute Gasteiger partial charge is 0.250 e. The molecule has 0 radical (unpaired) electrons. The Morgan fingerprint density at radius 3 is 2.57 bits per heavy atom. The predicted octanol–water partition coefficient (Wildman–Crippen LogP) is 4.17. The maximum absolute atomic E-state index is 5.89. The van der Waals surface area contributed by atoms with Crippen LogP contribution in [0.1, 0.15) is 5.82 Å². The summed E-state index contributed by atoms with van der Waals surface area (Å²) in [6.07, 6.45) is 0. The first-order valence-corrected chi connectivity index (χ1v) is 5.85. The third-order valence-corrected chi connectivity index (χ3v) is 3.13. The Morgan fingerprint density at radius 2 is 1.93 bits per heavy atom. The molecule has 0 bridgehead atoms. The molecule has 0 aromatic carbocycles. The minimum absolute atomic E-state index is 0.0995. The van der Waals surface area contributed by atoms with Gasteiger partial charge in [0.25, 0.3) is 0 Å². The average Bonchev–Trinajstić information content (AvgIpc) is 2.50. The summed E-state index contributed by atoms with van der Waals surface area (Å²) in [6.45, 7) is 0. The van der Waals surface area contributed by atoms with Gasteiger partial charge in [-0.15, -0.1) is 11.3 Å². The Kier molecular flexibility index (Phi) is 2.79. The van der Waals surface area contributed by atoms with Crippen LogP contribution in [-0.2, 0) is 3.79 Å². The SMILES string of the molecule is Clc1nc(C(Cl)(Cl)Cl)nc2sccc12. The topological polar surface area (TPSA) is 25.8 Å². The van der Waals surface area contributed by atoms with E-state index < -0.39 is 3.79 Å². The number of nitrogens with zero attached hydrogens (tertiary/aromatic N) is 2. The fourth-order valence-corrected chi connectivity index (χ4v) is 2.25. The van der Waals surface area contributed by atoms with Gasteiger partial charge in [0.15, 0.2) is 5.82 Å². The normalized spacial score (nSPS) is 12.3. The first-order valence-electron chi connectivity index (χ1n) is 3.46. The van der Waals surface area contributed by atoms with Gasteiger partial charge in [-0.2, -0.15) is 0 Å². The Balaban J connectivity index is 2.70. The van der Waals surface area contributed by atoms with E-state index in [9.17, 15) is 0 Å². The molecular weight excluding hydrogens is 286 g/mol. The van der Waals surface area contributed by atoms with Crippen LogP contribution in [0.2, 0.25) is 5.15 Å². The number of thiophene rings is 1. The van der Waals surface area contributed by atoms with Crippen LogP contribution < -0.4 is 0 Å². The second-order valence-electron chi connectivity index (χ2n) is 2.48. The quantitative estimate of drug-likeness (QED) is 0.537. The molecule has 0 spiro atoms. The van der Waals surface area contributed by atoms with E-state index in [1.165, 1.54) is 11.3 Å². The molecule has 2 aromatic rings. The number of alkyl halides is 3. The zero-order valence-corrected chi connectivity index (χ0v) is 10.3. The molecule has 2 nitrogen and oxygen atoms in total. The van der Waals surface area contributed by atoms with Gasteiger partial charge in [0, 0.05) is 5.39 Å². The van der Waals surface area contributed by atoms with Gasteiger partial charge in [-0.3, -0.25) is 0 Å².